The van der Waals surface area contributed by atoms with Crippen LogP contribution in [0.15, 0.2) is 54.6 Å². The van der Waals surface area contributed by atoms with E-state index in [-0.39, 0.29) is 30.9 Å². The maximum absolute atomic E-state index is 13.0. The van der Waals surface area contributed by atoms with Gasteiger partial charge in [-0.15, -0.1) is 11.3 Å². The highest BCUT2D eigenvalue weighted by Crippen LogP contribution is 2.24. The summed E-state index contributed by atoms with van der Waals surface area (Å²) < 4.78 is 5.67. The van der Waals surface area contributed by atoms with E-state index in [2.05, 4.69) is 10.6 Å². The Morgan fingerprint density at radius 2 is 1.88 bits per heavy atom. The number of benzene rings is 2. The monoisotopic (exact) mass is 484 g/mol. The number of halogens is 1. The number of carbonyl (C=O) groups is 3. The number of amides is 3. The molecule has 0 saturated carbocycles. The van der Waals surface area contributed by atoms with E-state index in [1.807, 2.05) is 0 Å². The normalized spacial score (nSPS) is 13.6. The minimum atomic E-state index is -0.360. The van der Waals surface area contributed by atoms with Crippen LogP contribution >= 0.6 is 22.9 Å². The van der Waals surface area contributed by atoms with E-state index in [0.29, 0.717) is 44.9 Å². The number of nitrogens with zero attached hydrogens (tertiary/aromatic N) is 1. The number of hydrogen-bond donors (Lipinski definition) is 3. The quantitative estimate of drug-likeness (QED) is 0.463. The van der Waals surface area contributed by atoms with Crippen molar-refractivity contribution >= 4 is 57.7 Å². The maximum Gasteiger partial charge on any atom is 0.261 e. The molecule has 1 fully saturated rings. The van der Waals surface area contributed by atoms with Crippen molar-refractivity contribution in [3.8, 4) is 0 Å². The fourth-order valence-corrected chi connectivity index (χ4v) is 4.38. The molecular weight excluding hydrogens is 464 g/mol. The second-order valence-electron chi connectivity index (χ2n) is 7.26. The van der Waals surface area contributed by atoms with Gasteiger partial charge in [0, 0.05) is 41.3 Å². The number of carbonyl (C=O) groups excluding carboxylic acids is 3. The van der Waals surface area contributed by atoms with Crippen LogP contribution in [-0.2, 0) is 16.1 Å². The van der Waals surface area contributed by atoms with E-state index < -0.39 is 0 Å². The lowest BCUT2D eigenvalue weighted by Crippen LogP contribution is -2.41. The van der Waals surface area contributed by atoms with Gasteiger partial charge in [0.2, 0.25) is 0 Å². The molecule has 10 heteroatoms. The Morgan fingerprint density at radius 1 is 1.09 bits per heavy atom. The number of thiophene rings is 1. The summed E-state index contributed by atoms with van der Waals surface area (Å²) in [5, 5.41) is 5.62. The molecule has 3 aromatic rings. The molecule has 1 aliphatic rings. The van der Waals surface area contributed by atoms with Gasteiger partial charge in [-0.1, -0.05) is 17.7 Å². The Labute approximate surface area is 199 Å². The second kappa shape index (κ2) is 10.0. The molecule has 1 aromatic heterocycles. The number of hydrogen-bond acceptors (Lipinski definition) is 6. The van der Waals surface area contributed by atoms with Crippen LogP contribution in [-0.4, -0.2) is 37.5 Å². The summed E-state index contributed by atoms with van der Waals surface area (Å²) >= 11 is 7.06. The summed E-state index contributed by atoms with van der Waals surface area (Å²) in [6.07, 6.45) is 0. The van der Waals surface area contributed by atoms with Gasteiger partial charge in [-0.2, -0.15) is 0 Å². The summed E-state index contributed by atoms with van der Waals surface area (Å²) in [7, 11) is 0. The number of nitrogens with one attached hydrogen (secondary N) is 2. The zero-order valence-electron chi connectivity index (χ0n) is 17.5. The maximum atomic E-state index is 13.0. The fraction of sp³-hybridized carbons (Fsp3) is 0.174. The van der Waals surface area contributed by atoms with Gasteiger partial charge in [0.15, 0.2) is 0 Å². The van der Waals surface area contributed by atoms with Crippen LogP contribution < -0.4 is 21.3 Å². The molecule has 3 amide bonds. The SMILES string of the molecule is Nc1cccc(C(=O)Nc2ccc(N3CCOCC3=O)cc2)c1CNC(=O)c1ccc(Cl)s1. The van der Waals surface area contributed by atoms with Gasteiger partial charge >= 0.3 is 0 Å². The van der Waals surface area contributed by atoms with Gasteiger partial charge in [0.1, 0.15) is 6.61 Å². The highest BCUT2D eigenvalue weighted by molar-refractivity contribution is 7.18. The van der Waals surface area contributed by atoms with Crippen LogP contribution in [0, 0.1) is 0 Å². The van der Waals surface area contributed by atoms with Crippen molar-refractivity contribution < 1.29 is 19.1 Å². The minimum Gasteiger partial charge on any atom is -0.398 e. The molecule has 0 aliphatic carbocycles. The second-order valence-corrected chi connectivity index (χ2v) is 8.97. The lowest BCUT2D eigenvalue weighted by Gasteiger charge is -2.26. The average molecular weight is 485 g/mol. The Morgan fingerprint density at radius 3 is 2.58 bits per heavy atom. The van der Waals surface area contributed by atoms with Crippen molar-refractivity contribution in [1.82, 2.24) is 5.32 Å². The van der Waals surface area contributed by atoms with Gasteiger partial charge in [-0.05, 0) is 48.5 Å². The van der Waals surface area contributed by atoms with E-state index in [4.69, 9.17) is 22.1 Å². The summed E-state index contributed by atoms with van der Waals surface area (Å²) in [4.78, 5) is 39.4. The molecule has 170 valence electrons. The van der Waals surface area contributed by atoms with E-state index >= 15 is 0 Å². The molecule has 1 aliphatic heterocycles. The van der Waals surface area contributed by atoms with E-state index in [1.54, 1.807) is 59.5 Å². The van der Waals surface area contributed by atoms with Crippen molar-refractivity contribution in [2.45, 2.75) is 6.54 Å². The molecule has 2 aromatic carbocycles. The van der Waals surface area contributed by atoms with Crippen LogP contribution in [0.25, 0.3) is 0 Å². The largest absolute Gasteiger partial charge is 0.398 e. The van der Waals surface area contributed by atoms with Crippen molar-refractivity contribution in [1.29, 1.82) is 0 Å². The summed E-state index contributed by atoms with van der Waals surface area (Å²) in [6, 6.07) is 15.3. The summed E-state index contributed by atoms with van der Waals surface area (Å²) in [5.41, 5.74) is 8.67. The molecule has 0 bridgehead atoms. The lowest BCUT2D eigenvalue weighted by molar-refractivity contribution is -0.125. The fourth-order valence-electron chi connectivity index (χ4n) is 3.42. The van der Waals surface area contributed by atoms with Gasteiger partial charge in [0.05, 0.1) is 15.8 Å². The first-order valence-electron chi connectivity index (χ1n) is 10.1. The summed E-state index contributed by atoms with van der Waals surface area (Å²) in [5.74, 6) is -0.759. The van der Waals surface area contributed by atoms with Gasteiger partial charge in [0.25, 0.3) is 17.7 Å². The highest BCUT2D eigenvalue weighted by Gasteiger charge is 2.20. The van der Waals surface area contributed by atoms with Crippen LogP contribution in [0.5, 0.6) is 0 Å². The number of rotatable bonds is 6. The zero-order chi connectivity index (χ0) is 23.4. The number of nitrogens with two attached hydrogens (primary N) is 1. The topological polar surface area (TPSA) is 114 Å². The average Bonchev–Trinajstić information content (AvgIpc) is 3.25. The number of ether oxygens (including phenoxy) is 1. The third kappa shape index (κ3) is 5.33. The molecule has 4 rings (SSSR count). The Kier molecular flexibility index (Phi) is 6.93. The Bertz CT molecular complexity index is 1200. The Balaban J connectivity index is 1.45. The van der Waals surface area contributed by atoms with Crippen molar-refractivity contribution in [3.05, 3.63) is 74.9 Å². The highest BCUT2D eigenvalue weighted by atomic mass is 35.5. The first-order chi connectivity index (χ1) is 15.9. The van der Waals surface area contributed by atoms with Crippen LogP contribution in [0.4, 0.5) is 17.1 Å². The van der Waals surface area contributed by atoms with Crippen LogP contribution in [0.2, 0.25) is 4.34 Å². The third-order valence-electron chi connectivity index (χ3n) is 5.10. The molecule has 0 radical (unpaired) electrons. The van der Waals surface area contributed by atoms with Gasteiger partial charge in [-0.3, -0.25) is 14.4 Å². The third-order valence-corrected chi connectivity index (χ3v) is 6.33. The standard InChI is InChI=1S/C23H21ClN4O4S/c24-20-9-8-19(33-20)23(31)26-12-17-16(2-1-3-18(17)25)22(30)27-14-4-6-15(7-5-14)28-10-11-32-13-21(28)29/h1-9H,10-13,25H2,(H,26,31)(H,27,30). The zero-order valence-corrected chi connectivity index (χ0v) is 19.0. The van der Waals surface area contributed by atoms with Gasteiger partial charge < -0.3 is 26.0 Å². The molecular formula is C23H21ClN4O4S. The molecule has 0 unspecified atom stereocenters. The van der Waals surface area contributed by atoms with Gasteiger partial charge in [-0.25, -0.2) is 0 Å². The predicted octanol–water partition coefficient (Wildman–Crippen LogP) is 3.53. The first-order valence-corrected chi connectivity index (χ1v) is 11.3. The van der Waals surface area contributed by atoms with Crippen molar-refractivity contribution in [3.63, 3.8) is 0 Å². The smallest absolute Gasteiger partial charge is 0.261 e. The number of nitrogen functional groups attached to an aromatic ring is 1. The molecule has 4 N–H and O–H groups in total. The number of anilines is 3. The molecule has 0 spiro atoms. The Hall–Kier alpha value is -3.40. The van der Waals surface area contributed by atoms with E-state index in [1.165, 1.54) is 11.3 Å². The molecule has 1 saturated heterocycles. The molecule has 0 atom stereocenters. The van der Waals surface area contributed by atoms with Crippen LogP contribution in [0.1, 0.15) is 25.6 Å². The molecule has 33 heavy (non-hydrogen) atoms. The minimum absolute atomic E-state index is 0.0623. The van der Waals surface area contributed by atoms with E-state index in [9.17, 15) is 14.4 Å². The summed E-state index contributed by atoms with van der Waals surface area (Å²) in [6.45, 7) is 1.12. The van der Waals surface area contributed by atoms with Crippen molar-refractivity contribution in [2.75, 3.05) is 35.7 Å². The lowest BCUT2D eigenvalue weighted by atomic mass is 10.0. The molecule has 2 heterocycles. The van der Waals surface area contributed by atoms with Crippen LogP contribution in [0.3, 0.4) is 0 Å². The van der Waals surface area contributed by atoms with E-state index in [0.717, 1.165) is 5.69 Å². The van der Waals surface area contributed by atoms with Crippen molar-refractivity contribution in [2.24, 2.45) is 0 Å². The predicted molar refractivity (Wildman–Crippen MR) is 129 cm³/mol. The number of morpholine rings is 1. The molecule has 8 nitrogen and oxygen atoms in total. The first kappa shape index (κ1) is 22.8.